The van der Waals surface area contributed by atoms with Gasteiger partial charge in [-0.3, -0.25) is 0 Å². The maximum atomic E-state index is 11.7. The highest BCUT2D eigenvalue weighted by Gasteiger charge is 2.17. The Balaban J connectivity index is 3.30. The van der Waals surface area contributed by atoms with Crippen molar-refractivity contribution in [2.45, 2.75) is 0 Å². The largest absolute Gasteiger partial charge is 0.494 e. The normalized spacial score (nSPS) is 8.85. The van der Waals surface area contributed by atoms with Crippen molar-refractivity contribution in [3.05, 3.63) is 33.9 Å². The van der Waals surface area contributed by atoms with Crippen LogP contribution in [0.3, 0.4) is 0 Å². The number of allylic oxidation sites excluding steroid dienone is 1. The van der Waals surface area contributed by atoms with Gasteiger partial charge >= 0.3 is 5.97 Å². The molecule has 102 valence electrons. The van der Waals surface area contributed by atoms with Gasteiger partial charge in [0.05, 0.1) is 19.9 Å². The van der Waals surface area contributed by atoms with Gasteiger partial charge in [0.15, 0.2) is 5.75 Å². The number of nitrogens with zero attached hydrogens (tertiary/aromatic N) is 2. The van der Waals surface area contributed by atoms with E-state index in [0.717, 1.165) is 0 Å². The third-order valence-corrected chi connectivity index (χ3v) is 2.73. The molecule has 1 N–H and O–H groups in total. The lowest BCUT2D eigenvalue weighted by atomic mass is 10.1. The van der Waals surface area contributed by atoms with Gasteiger partial charge in [-0.05, 0) is 12.1 Å². The molecule has 0 atom stereocenters. The monoisotopic (exact) mass is 335 g/mol. The Morgan fingerprint density at radius 1 is 1.35 bits per heavy atom. The lowest BCUT2D eigenvalue weighted by molar-refractivity contribution is 0.0597. The molecule has 0 aromatic heterocycles. The molecule has 0 amide bonds. The van der Waals surface area contributed by atoms with Crippen LogP contribution in [-0.2, 0) is 4.74 Å². The number of rotatable bonds is 4. The van der Waals surface area contributed by atoms with E-state index in [1.54, 1.807) is 24.3 Å². The van der Waals surface area contributed by atoms with Gasteiger partial charge in [-0.25, -0.2) is 4.79 Å². The number of benzene rings is 1. The molecule has 1 aromatic rings. The molecule has 0 saturated carbocycles. The maximum Gasteiger partial charge on any atom is 0.341 e. The van der Waals surface area contributed by atoms with Crippen molar-refractivity contribution in [1.29, 1.82) is 10.5 Å². The van der Waals surface area contributed by atoms with Gasteiger partial charge in [0.1, 0.15) is 23.3 Å². The SMILES string of the molecule is COC(=O)c1cc(Br)cc(NC=C(C#N)C#N)c1OC. The molecule has 0 radical (unpaired) electrons. The summed E-state index contributed by atoms with van der Waals surface area (Å²) in [6.07, 6.45) is 1.23. The predicted molar refractivity (Wildman–Crippen MR) is 75.0 cm³/mol. The van der Waals surface area contributed by atoms with E-state index in [4.69, 9.17) is 15.3 Å². The molecule has 0 saturated heterocycles. The van der Waals surface area contributed by atoms with Crippen molar-refractivity contribution in [2.24, 2.45) is 0 Å². The summed E-state index contributed by atoms with van der Waals surface area (Å²) < 4.78 is 10.5. The van der Waals surface area contributed by atoms with Gasteiger partial charge < -0.3 is 14.8 Å². The molecular weight excluding hydrogens is 326 g/mol. The Bertz CT molecular complexity index is 625. The topological polar surface area (TPSA) is 95.1 Å². The lowest BCUT2D eigenvalue weighted by Crippen LogP contribution is -2.06. The highest BCUT2D eigenvalue weighted by atomic mass is 79.9. The summed E-state index contributed by atoms with van der Waals surface area (Å²) in [5, 5.41) is 20.1. The second kappa shape index (κ2) is 7.17. The van der Waals surface area contributed by atoms with Crippen LogP contribution < -0.4 is 10.1 Å². The van der Waals surface area contributed by atoms with Crippen LogP contribution in [0.15, 0.2) is 28.4 Å². The third kappa shape index (κ3) is 3.50. The molecule has 0 unspecified atom stereocenters. The highest BCUT2D eigenvalue weighted by molar-refractivity contribution is 9.10. The minimum absolute atomic E-state index is 0.105. The van der Waals surface area contributed by atoms with E-state index in [9.17, 15) is 4.79 Å². The van der Waals surface area contributed by atoms with E-state index >= 15 is 0 Å². The number of esters is 1. The summed E-state index contributed by atoms with van der Waals surface area (Å²) in [6.45, 7) is 0. The van der Waals surface area contributed by atoms with Crippen molar-refractivity contribution in [3.63, 3.8) is 0 Å². The number of nitrogens with one attached hydrogen (secondary N) is 1. The van der Waals surface area contributed by atoms with Crippen molar-refractivity contribution in [1.82, 2.24) is 0 Å². The number of ether oxygens (including phenoxy) is 2. The van der Waals surface area contributed by atoms with E-state index in [1.807, 2.05) is 0 Å². The van der Waals surface area contributed by atoms with Crippen LogP contribution in [0.4, 0.5) is 5.69 Å². The molecule has 1 aromatic carbocycles. The first-order valence-electron chi connectivity index (χ1n) is 5.30. The zero-order valence-corrected chi connectivity index (χ0v) is 12.3. The number of methoxy groups -OCH3 is 2. The third-order valence-electron chi connectivity index (χ3n) is 2.28. The van der Waals surface area contributed by atoms with E-state index < -0.39 is 5.97 Å². The van der Waals surface area contributed by atoms with Gasteiger partial charge in [-0.2, -0.15) is 10.5 Å². The predicted octanol–water partition coefficient (Wildman–Crippen LogP) is 2.59. The number of carbonyl (C=O) groups is 1. The van der Waals surface area contributed by atoms with Crippen LogP contribution in [0.2, 0.25) is 0 Å². The highest BCUT2D eigenvalue weighted by Crippen LogP contribution is 2.33. The van der Waals surface area contributed by atoms with E-state index in [2.05, 4.69) is 26.0 Å². The lowest BCUT2D eigenvalue weighted by Gasteiger charge is -2.13. The molecule has 0 aliphatic carbocycles. The molecule has 20 heavy (non-hydrogen) atoms. The first-order chi connectivity index (χ1) is 9.57. The van der Waals surface area contributed by atoms with Crippen molar-refractivity contribution in [2.75, 3.05) is 19.5 Å². The van der Waals surface area contributed by atoms with Gasteiger partial charge in [0.2, 0.25) is 0 Å². The summed E-state index contributed by atoms with van der Waals surface area (Å²) in [7, 11) is 2.67. The Morgan fingerprint density at radius 3 is 2.50 bits per heavy atom. The number of hydrogen-bond donors (Lipinski definition) is 1. The van der Waals surface area contributed by atoms with Crippen molar-refractivity contribution < 1.29 is 14.3 Å². The molecule has 7 heteroatoms. The Labute approximate surface area is 124 Å². The molecule has 1 rings (SSSR count). The summed E-state index contributed by atoms with van der Waals surface area (Å²) >= 11 is 3.26. The number of nitriles is 2. The summed E-state index contributed by atoms with van der Waals surface area (Å²) in [4.78, 5) is 11.7. The first kappa shape index (κ1) is 15.5. The Morgan fingerprint density at radius 2 is 2.00 bits per heavy atom. The number of carbonyl (C=O) groups excluding carboxylic acids is 1. The standard InChI is InChI=1S/C13H10BrN3O3/c1-19-12-10(13(18)20-2)3-9(14)4-11(12)17-7-8(5-15)6-16/h3-4,7,17H,1-2H3. The molecule has 0 aliphatic heterocycles. The second-order valence-corrected chi connectivity index (χ2v) is 4.37. The van der Waals surface area contributed by atoms with Crippen molar-refractivity contribution in [3.8, 4) is 17.9 Å². The van der Waals surface area contributed by atoms with E-state index in [-0.39, 0.29) is 16.9 Å². The molecule has 0 heterocycles. The maximum absolute atomic E-state index is 11.7. The summed E-state index contributed by atoms with van der Waals surface area (Å²) in [6, 6.07) is 6.63. The molecule has 0 fully saturated rings. The fourth-order valence-corrected chi connectivity index (χ4v) is 1.88. The fraction of sp³-hybridized carbons (Fsp3) is 0.154. The Kier molecular flexibility index (Phi) is 5.57. The number of halogens is 1. The Hall–Kier alpha value is -2.51. The van der Waals surface area contributed by atoms with Gasteiger partial charge in [-0.15, -0.1) is 0 Å². The molecular formula is C13H10BrN3O3. The summed E-state index contributed by atoms with van der Waals surface area (Å²) in [5.41, 5.74) is 0.535. The van der Waals surface area contributed by atoms with Gasteiger partial charge in [-0.1, -0.05) is 15.9 Å². The van der Waals surface area contributed by atoms with Gasteiger partial charge in [0.25, 0.3) is 0 Å². The zero-order chi connectivity index (χ0) is 15.1. The van der Waals surface area contributed by atoms with Crippen LogP contribution in [0.5, 0.6) is 5.75 Å². The van der Waals surface area contributed by atoms with Crippen LogP contribution in [0, 0.1) is 22.7 Å². The average molecular weight is 336 g/mol. The van der Waals surface area contributed by atoms with E-state index in [0.29, 0.717) is 10.2 Å². The van der Waals surface area contributed by atoms with Crippen LogP contribution in [-0.4, -0.2) is 20.2 Å². The van der Waals surface area contributed by atoms with Crippen molar-refractivity contribution >= 4 is 27.6 Å². The first-order valence-corrected chi connectivity index (χ1v) is 6.09. The minimum atomic E-state index is -0.559. The van der Waals surface area contributed by atoms with Crippen LogP contribution in [0.25, 0.3) is 0 Å². The van der Waals surface area contributed by atoms with Gasteiger partial charge in [0, 0.05) is 10.7 Å². The number of hydrogen-bond acceptors (Lipinski definition) is 6. The van der Waals surface area contributed by atoms with Crippen LogP contribution in [0.1, 0.15) is 10.4 Å². The summed E-state index contributed by atoms with van der Waals surface area (Å²) in [5.74, 6) is -0.303. The van der Waals surface area contributed by atoms with Crippen LogP contribution >= 0.6 is 15.9 Å². The fourth-order valence-electron chi connectivity index (χ4n) is 1.42. The second-order valence-electron chi connectivity index (χ2n) is 3.45. The quantitative estimate of drug-likeness (QED) is 0.671. The molecule has 0 spiro atoms. The minimum Gasteiger partial charge on any atom is -0.494 e. The molecule has 6 nitrogen and oxygen atoms in total. The zero-order valence-electron chi connectivity index (χ0n) is 10.7. The average Bonchev–Trinajstić information content (AvgIpc) is 2.46. The number of anilines is 1. The molecule has 0 aliphatic rings. The smallest absolute Gasteiger partial charge is 0.341 e. The molecule has 0 bridgehead atoms. The van der Waals surface area contributed by atoms with E-state index in [1.165, 1.54) is 20.4 Å².